The summed E-state index contributed by atoms with van der Waals surface area (Å²) >= 11 is 0. The average Bonchev–Trinajstić information content (AvgIpc) is 2.70. The van der Waals surface area contributed by atoms with Crippen molar-refractivity contribution in [1.29, 1.82) is 0 Å². The summed E-state index contributed by atoms with van der Waals surface area (Å²) in [6.07, 6.45) is -0.529. The maximum absolute atomic E-state index is 12.4. The topological polar surface area (TPSA) is 104 Å². The minimum Gasteiger partial charge on any atom is -0.464 e. The fourth-order valence-electron chi connectivity index (χ4n) is 2.40. The first-order valence-electron chi connectivity index (χ1n) is 8.73. The molecule has 0 bridgehead atoms. The fourth-order valence-corrected chi connectivity index (χ4v) is 2.40. The molecule has 2 aromatic rings. The van der Waals surface area contributed by atoms with E-state index >= 15 is 0 Å². The Labute approximate surface area is 162 Å². The Balaban J connectivity index is 2.17. The van der Waals surface area contributed by atoms with E-state index in [1.807, 2.05) is 18.2 Å². The maximum Gasteiger partial charge on any atom is 0.408 e. The Bertz CT molecular complexity index is 782. The number of hydrogen-bond donors (Lipinski definition) is 1. The summed E-state index contributed by atoms with van der Waals surface area (Å²) in [4.78, 5) is 40.4. The molecule has 148 valence electrons. The van der Waals surface area contributed by atoms with Gasteiger partial charge in [-0.2, -0.15) is 0 Å². The monoisotopic (exact) mass is 386 g/mol. The summed E-state index contributed by atoms with van der Waals surface area (Å²) in [5.74, 6) is -1.40. The van der Waals surface area contributed by atoms with Crippen LogP contribution in [0.25, 0.3) is 0 Å². The number of carbonyl (C=O) groups is 3. The number of nitrogens with zero attached hydrogens (tertiary/aromatic N) is 1. The quantitative estimate of drug-likeness (QED) is 0.549. The molecule has 0 aliphatic rings. The second-order valence-electron chi connectivity index (χ2n) is 5.72. The molecule has 1 N–H and O–H groups in total. The van der Waals surface area contributed by atoms with Gasteiger partial charge in [-0.3, -0.25) is 9.78 Å². The van der Waals surface area contributed by atoms with Crippen molar-refractivity contribution >= 4 is 18.0 Å². The fraction of sp³-hybridized carbons (Fsp3) is 0.300. The van der Waals surface area contributed by atoms with Crippen LogP contribution < -0.4 is 5.32 Å². The number of nitrogens with one attached hydrogen (secondary N) is 1. The lowest BCUT2D eigenvalue weighted by Gasteiger charge is -2.25. The number of ether oxygens (including phenoxy) is 3. The third kappa shape index (κ3) is 6.39. The lowest BCUT2D eigenvalue weighted by molar-refractivity contribution is -0.157. The van der Waals surface area contributed by atoms with Crippen molar-refractivity contribution in [2.24, 2.45) is 0 Å². The van der Waals surface area contributed by atoms with Crippen LogP contribution in [0.5, 0.6) is 0 Å². The van der Waals surface area contributed by atoms with E-state index in [9.17, 15) is 14.4 Å². The molecule has 0 saturated carbocycles. The number of carbonyl (C=O) groups excluding carboxylic acids is 3. The van der Waals surface area contributed by atoms with Crippen LogP contribution in [0.4, 0.5) is 4.79 Å². The minimum atomic E-state index is -1.32. The number of rotatable bonds is 8. The van der Waals surface area contributed by atoms with Crippen LogP contribution >= 0.6 is 0 Å². The van der Waals surface area contributed by atoms with Crippen LogP contribution in [0.2, 0.25) is 0 Å². The van der Waals surface area contributed by atoms with Crippen LogP contribution in [-0.2, 0) is 30.4 Å². The minimum absolute atomic E-state index is 0.0179. The van der Waals surface area contributed by atoms with Gasteiger partial charge in [0.2, 0.25) is 0 Å². The van der Waals surface area contributed by atoms with Gasteiger partial charge in [-0.15, -0.1) is 0 Å². The molecule has 0 spiro atoms. The molecule has 0 aliphatic carbocycles. The van der Waals surface area contributed by atoms with E-state index < -0.39 is 30.2 Å². The second kappa shape index (κ2) is 10.7. The van der Waals surface area contributed by atoms with Gasteiger partial charge in [-0.05, 0) is 24.6 Å². The van der Waals surface area contributed by atoms with E-state index in [2.05, 4.69) is 10.3 Å². The van der Waals surface area contributed by atoms with Crippen molar-refractivity contribution in [3.63, 3.8) is 0 Å². The molecule has 0 aliphatic heterocycles. The largest absolute Gasteiger partial charge is 0.464 e. The number of benzene rings is 1. The maximum atomic E-state index is 12.4. The summed E-state index contributed by atoms with van der Waals surface area (Å²) in [5.41, 5.74) is 1.07. The molecule has 8 heteroatoms. The van der Waals surface area contributed by atoms with Crippen molar-refractivity contribution in [3.05, 3.63) is 66.0 Å². The highest BCUT2D eigenvalue weighted by molar-refractivity contribution is 5.82. The van der Waals surface area contributed by atoms with Crippen molar-refractivity contribution in [1.82, 2.24) is 10.3 Å². The standard InChI is InChI=1S/C20H22N2O6/c1-3-26-19(24)17(18(28-14(2)23)16-11-7-8-12-21-16)22-20(25)27-13-15-9-5-4-6-10-15/h4-12,17-18H,3,13H2,1-2H3,(H,22,25)/t17-,18+/m1/s1. The summed E-state index contributed by atoms with van der Waals surface area (Å²) in [7, 11) is 0. The normalized spacial score (nSPS) is 12.4. The third-order valence-electron chi connectivity index (χ3n) is 3.60. The highest BCUT2D eigenvalue weighted by atomic mass is 16.6. The van der Waals surface area contributed by atoms with Crippen molar-refractivity contribution in [2.45, 2.75) is 32.6 Å². The van der Waals surface area contributed by atoms with E-state index in [0.29, 0.717) is 5.69 Å². The summed E-state index contributed by atoms with van der Waals surface area (Å²) in [5, 5.41) is 2.42. The van der Waals surface area contributed by atoms with Crippen molar-refractivity contribution < 1.29 is 28.6 Å². The van der Waals surface area contributed by atoms with Gasteiger partial charge < -0.3 is 19.5 Å². The zero-order valence-electron chi connectivity index (χ0n) is 15.7. The number of alkyl carbamates (subject to hydrolysis) is 1. The Morgan fingerprint density at radius 1 is 1.04 bits per heavy atom. The van der Waals surface area contributed by atoms with E-state index in [1.54, 1.807) is 37.3 Å². The Hall–Kier alpha value is -3.42. The average molecular weight is 386 g/mol. The zero-order valence-corrected chi connectivity index (χ0v) is 15.7. The summed E-state index contributed by atoms with van der Waals surface area (Å²) < 4.78 is 15.4. The van der Waals surface area contributed by atoms with Crippen LogP contribution in [0, 0.1) is 0 Å². The SMILES string of the molecule is CCOC(=O)[C@H](NC(=O)OCc1ccccc1)[C@@H](OC(C)=O)c1ccccn1. The molecule has 1 amide bonds. The third-order valence-corrected chi connectivity index (χ3v) is 3.60. The van der Waals surface area contributed by atoms with Crippen molar-refractivity contribution in [2.75, 3.05) is 6.61 Å². The molecule has 1 aromatic carbocycles. The number of amides is 1. The Kier molecular flexibility index (Phi) is 7.95. The lowest BCUT2D eigenvalue weighted by Crippen LogP contribution is -2.47. The summed E-state index contributed by atoms with van der Waals surface area (Å²) in [6, 6.07) is 12.7. The Morgan fingerprint density at radius 3 is 2.36 bits per heavy atom. The molecular weight excluding hydrogens is 364 g/mol. The molecule has 8 nitrogen and oxygen atoms in total. The smallest absolute Gasteiger partial charge is 0.408 e. The molecule has 0 saturated heterocycles. The molecule has 0 fully saturated rings. The van der Waals surface area contributed by atoms with Gasteiger partial charge in [0.15, 0.2) is 12.1 Å². The van der Waals surface area contributed by atoms with Gasteiger partial charge in [0, 0.05) is 13.1 Å². The van der Waals surface area contributed by atoms with Gasteiger partial charge in [0.1, 0.15) is 6.61 Å². The number of hydrogen-bond acceptors (Lipinski definition) is 7. The van der Waals surface area contributed by atoms with Gasteiger partial charge in [-0.1, -0.05) is 36.4 Å². The van der Waals surface area contributed by atoms with Crippen LogP contribution in [-0.4, -0.2) is 35.7 Å². The highest BCUT2D eigenvalue weighted by Gasteiger charge is 2.36. The number of esters is 2. The first-order chi connectivity index (χ1) is 13.5. The van der Waals surface area contributed by atoms with E-state index in [0.717, 1.165) is 5.56 Å². The number of aromatic nitrogens is 1. The zero-order chi connectivity index (χ0) is 20.4. The first kappa shape index (κ1) is 20.9. The molecule has 2 atom stereocenters. The van der Waals surface area contributed by atoms with Gasteiger partial charge in [0.25, 0.3) is 0 Å². The molecule has 0 radical (unpaired) electrons. The van der Waals surface area contributed by atoms with Crippen LogP contribution in [0.3, 0.4) is 0 Å². The van der Waals surface area contributed by atoms with Crippen LogP contribution in [0.15, 0.2) is 54.7 Å². The first-order valence-corrected chi connectivity index (χ1v) is 8.73. The molecule has 0 unspecified atom stereocenters. The lowest BCUT2D eigenvalue weighted by atomic mass is 10.1. The molecule has 1 heterocycles. The molecule has 2 rings (SSSR count). The second-order valence-corrected chi connectivity index (χ2v) is 5.72. The molecule has 28 heavy (non-hydrogen) atoms. The van der Waals surface area contributed by atoms with Gasteiger partial charge in [0.05, 0.1) is 12.3 Å². The van der Waals surface area contributed by atoms with Gasteiger partial charge in [-0.25, -0.2) is 9.59 Å². The van der Waals surface area contributed by atoms with E-state index in [-0.39, 0.29) is 13.2 Å². The predicted octanol–water partition coefficient (Wildman–Crippen LogP) is 2.54. The highest BCUT2D eigenvalue weighted by Crippen LogP contribution is 2.21. The van der Waals surface area contributed by atoms with E-state index in [4.69, 9.17) is 14.2 Å². The molecular formula is C20H22N2O6. The number of pyridine rings is 1. The van der Waals surface area contributed by atoms with Crippen molar-refractivity contribution in [3.8, 4) is 0 Å². The van der Waals surface area contributed by atoms with Crippen LogP contribution in [0.1, 0.15) is 31.2 Å². The van der Waals surface area contributed by atoms with E-state index in [1.165, 1.54) is 13.1 Å². The Morgan fingerprint density at radius 2 is 1.75 bits per heavy atom. The summed E-state index contributed by atoms with van der Waals surface area (Å²) in [6.45, 7) is 2.94. The predicted molar refractivity (Wildman–Crippen MR) is 98.9 cm³/mol. The molecule has 1 aromatic heterocycles. The van der Waals surface area contributed by atoms with Gasteiger partial charge >= 0.3 is 18.0 Å².